The van der Waals surface area contributed by atoms with Gasteiger partial charge in [0.05, 0.1) is 17.1 Å². The third-order valence-electron chi connectivity index (χ3n) is 4.70. The lowest BCUT2D eigenvalue weighted by Gasteiger charge is -2.40. The molecule has 1 fully saturated rings. The van der Waals surface area contributed by atoms with Crippen molar-refractivity contribution in [1.29, 1.82) is 0 Å². The number of carbonyl (C=O) groups excluding carboxylic acids is 1. The number of carbonyl (C=O) groups is 1. The van der Waals surface area contributed by atoms with Crippen LogP contribution in [-0.2, 0) is 10.2 Å². The van der Waals surface area contributed by atoms with Crippen LogP contribution < -0.4 is 10.6 Å². The van der Waals surface area contributed by atoms with E-state index in [-0.39, 0.29) is 5.91 Å². The molecule has 0 aliphatic carbocycles. The van der Waals surface area contributed by atoms with E-state index in [1.807, 2.05) is 44.2 Å². The summed E-state index contributed by atoms with van der Waals surface area (Å²) < 4.78 is 0. The highest BCUT2D eigenvalue weighted by atomic mass is 16.3. The SMILES string of the molecule is CC(O)C(C)(C)NC(=O)C1(c2ccccc2)CCNCC1. The van der Waals surface area contributed by atoms with E-state index in [1.165, 1.54) is 0 Å². The molecule has 1 aromatic rings. The van der Waals surface area contributed by atoms with E-state index < -0.39 is 17.1 Å². The van der Waals surface area contributed by atoms with Crippen molar-refractivity contribution in [1.82, 2.24) is 10.6 Å². The Morgan fingerprint density at radius 1 is 1.29 bits per heavy atom. The first-order valence-electron chi connectivity index (χ1n) is 7.65. The average Bonchev–Trinajstić information content (AvgIpc) is 2.48. The third kappa shape index (κ3) is 3.27. The third-order valence-corrected chi connectivity index (χ3v) is 4.70. The molecule has 1 unspecified atom stereocenters. The van der Waals surface area contributed by atoms with E-state index in [9.17, 15) is 9.90 Å². The molecule has 0 aromatic heterocycles. The summed E-state index contributed by atoms with van der Waals surface area (Å²) in [5.41, 5.74) is -0.0759. The van der Waals surface area contributed by atoms with Crippen LogP contribution in [0.25, 0.3) is 0 Å². The highest BCUT2D eigenvalue weighted by Gasteiger charge is 2.43. The van der Waals surface area contributed by atoms with Crippen LogP contribution in [0.15, 0.2) is 30.3 Å². The summed E-state index contributed by atoms with van der Waals surface area (Å²) >= 11 is 0. The van der Waals surface area contributed by atoms with E-state index in [0.717, 1.165) is 31.5 Å². The summed E-state index contributed by atoms with van der Waals surface area (Å²) in [6.45, 7) is 7.08. The fourth-order valence-electron chi connectivity index (χ4n) is 2.77. The Bertz CT molecular complexity index is 477. The second kappa shape index (κ2) is 6.16. The maximum Gasteiger partial charge on any atom is 0.231 e. The van der Waals surface area contributed by atoms with E-state index in [2.05, 4.69) is 10.6 Å². The molecule has 0 spiro atoms. The van der Waals surface area contributed by atoms with Crippen molar-refractivity contribution in [2.45, 2.75) is 50.7 Å². The van der Waals surface area contributed by atoms with Crippen LogP contribution in [0.4, 0.5) is 0 Å². The minimum atomic E-state index is -0.635. The number of nitrogens with one attached hydrogen (secondary N) is 2. The van der Waals surface area contributed by atoms with Gasteiger partial charge in [-0.15, -0.1) is 0 Å². The number of rotatable bonds is 4. The van der Waals surface area contributed by atoms with Crippen LogP contribution in [0.3, 0.4) is 0 Å². The highest BCUT2D eigenvalue weighted by Crippen LogP contribution is 2.34. The van der Waals surface area contributed by atoms with Gasteiger partial charge in [0.1, 0.15) is 0 Å². The first-order valence-corrected chi connectivity index (χ1v) is 7.65. The molecular weight excluding hydrogens is 264 g/mol. The van der Waals surface area contributed by atoms with Crippen molar-refractivity contribution in [3.63, 3.8) is 0 Å². The molecule has 1 aliphatic heterocycles. The minimum absolute atomic E-state index is 0.0149. The molecule has 1 amide bonds. The van der Waals surface area contributed by atoms with Gasteiger partial charge in [-0.3, -0.25) is 4.79 Å². The maximum atomic E-state index is 13.0. The van der Waals surface area contributed by atoms with Gasteiger partial charge in [-0.25, -0.2) is 0 Å². The standard InChI is InChI=1S/C17H26N2O2/c1-13(20)16(2,3)19-15(21)17(9-11-18-12-10-17)14-7-5-4-6-8-14/h4-8,13,18,20H,9-12H2,1-3H3,(H,19,21). The average molecular weight is 290 g/mol. The lowest BCUT2D eigenvalue weighted by molar-refractivity contribution is -0.130. The van der Waals surface area contributed by atoms with Crippen molar-refractivity contribution in [3.05, 3.63) is 35.9 Å². The predicted molar refractivity (Wildman–Crippen MR) is 84.1 cm³/mol. The molecule has 1 saturated heterocycles. The number of amides is 1. The summed E-state index contributed by atoms with van der Waals surface area (Å²) in [5, 5.41) is 16.2. The molecule has 1 atom stereocenters. The number of piperidine rings is 1. The van der Waals surface area contributed by atoms with Gasteiger partial charge in [-0.2, -0.15) is 0 Å². The van der Waals surface area contributed by atoms with Gasteiger partial charge in [0.25, 0.3) is 0 Å². The van der Waals surface area contributed by atoms with Gasteiger partial charge in [0, 0.05) is 0 Å². The normalized spacial score (nSPS) is 19.8. The van der Waals surface area contributed by atoms with Gasteiger partial charge >= 0.3 is 0 Å². The number of aliphatic hydroxyl groups is 1. The molecule has 0 saturated carbocycles. The molecule has 3 N–H and O–H groups in total. The Morgan fingerprint density at radius 2 is 1.86 bits per heavy atom. The Kier molecular flexibility index (Phi) is 4.69. The van der Waals surface area contributed by atoms with Gasteiger partial charge in [-0.05, 0) is 52.3 Å². The van der Waals surface area contributed by atoms with Crippen LogP contribution in [0.2, 0.25) is 0 Å². The van der Waals surface area contributed by atoms with Crippen LogP contribution >= 0.6 is 0 Å². The van der Waals surface area contributed by atoms with Gasteiger partial charge in [0.15, 0.2) is 0 Å². The topological polar surface area (TPSA) is 61.4 Å². The monoisotopic (exact) mass is 290 g/mol. The number of aliphatic hydroxyl groups excluding tert-OH is 1. The lowest BCUT2D eigenvalue weighted by Crippen LogP contribution is -2.59. The molecule has 116 valence electrons. The summed E-state index contributed by atoms with van der Waals surface area (Å²) in [5.74, 6) is 0.0149. The first-order chi connectivity index (χ1) is 9.88. The molecular formula is C17H26N2O2. The first kappa shape index (κ1) is 16.0. The predicted octanol–water partition coefficient (Wildman–Crippen LogP) is 1.58. The van der Waals surface area contributed by atoms with E-state index in [1.54, 1.807) is 6.92 Å². The molecule has 21 heavy (non-hydrogen) atoms. The molecule has 2 rings (SSSR count). The molecule has 1 aliphatic rings. The van der Waals surface area contributed by atoms with Gasteiger partial charge < -0.3 is 15.7 Å². The second-order valence-electron chi connectivity index (χ2n) is 6.55. The maximum absolute atomic E-state index is 13.0. The van der Waals surface area contributed by atoms with Gasteiger partial charge in [0.2, 0.25) is 5.91 Å². The Balaban J connectivity index is 2.31. The molecule has 4 heteroatoms. The molecule has 1 heterocycles. The van der Waals surface area contributed by atoms with Crippen LogP contribution in [0.1, 0.15) is 39.2 Å². The molecule has 0 radical (unpaired) electrons. The summed E-state index contributed by atoms with van der Waals surface area (Å²) in [4.78, 5) is 13.0. The molecule has 0 bridgehead atoms. The largest absolute Gasteiger partial charge is 0.391 e. The fourth-order valence-corrected chi connectivity index (χ4v) is 2.77. The van der Waals surface area contributed by atoms with E-state index in [4.69, 9.17) is 0 Å². The summed E-state index contributed by atoms with van der Waals surface area (Å²) in [6, 6.07) is 9.98. The zero-order chi connectivity index (χ0) is 15.5. The van der Waals surface area contributed by atoms with Crippen LogP contribution in [0.5, 0.6) is 0 Å². The van der Waals surface area contributed by atoms with E-state index in [0.29, 0.717) is 0 Å². The van der Waals surface area contributed by atoms with Crippen LogP contribution in [0, 0.1) is 0 Å². The van der Waals surface area contributed by atoms with Gasteiger partial charge in [-0.1, -0.05) is 30.3 Å². The van der Waals surface area contributed by atoms with Crippen LogP contribution in [-0.4, -0.2) is 35.7 Å². The molecule has 4 nitrogen and oxygen atoms in total. The zero-order valence-electron chi connectivity index (χ0n) is 13.1. The van der Waals surface area contributed by atoms with Crippen molar-refractivity contribution in [3.8, 4) is 0 Å². The zero-order valence-corrected chi connectivity index (χ0v) is 13.1. The quantitative estimate of drug-likeness (QED) is 0.789. The number of benzene rings is 1. The second-order valence-corrected chi connectivity index (χ2v) is 6.55. The fraction of sp³-hybridized carbons (Fsp3) is 0.588. The molecule has 1 aromatic carbocycles. The van der Waals surface area contributed by atoms with E-state index >= 15 is 0 Å². The number of hydrogen-bond donors (Lipinski definition) is 3. The van der Waals surface area contributed by atoms with Crippen molar-refractivity contribution < 1.29 is 9.90 Å². The summed E-state index contributed by atoms with van der Waals surface area (Å²) in [7, 11) is 0. The number of hydrogen-bond acceptors (Lipinski definition) is 3. The Morgan fingerprint density at radius 3 is 2.38 bits per heavy atom. The van der Waals surface area contributed by atoms with Crippen molar-refractivity contribution in [2.75, 3.05) is 13.1 Å². The van der Waals surface area contributed by atoms with Crippen molar-refractivity contribution in [2.24, 2.45) is 0 Å². The van der Waals surface area contributed by atoms with Crippen molar-refractivity contribution >= 4 is 5.91 Å². The Labute approximate surface area is 126 Å². The Hall–Kier alpha value is -1.39. The smallest absolute Gasteiger partial charge is 0.231 e. The highest BCUT2D eigenvalue weighted by molar-refractivity contribution is 5.89. The minimum Gasteiger partial charge on any atom is -0.391 e. The summed E-state index contributed by atoms with van der Waals surface area (Å²) in [6.07, 6.45) is 0.952. The lowest BCUT2D eigenvalue weighted by atomic mass is 9.72.